The SMILES string of the molecule is O=C1COc2ccc(C(=O)COC(=O)/C=C/c3ccc(F)c(Cl)c3)cc2N1. The fraction of sp³-hybridized carbons (Fsp3) is 0.105. The molecule has 1 aliphatic rings. The minimum atomic E-state index is -0.738. The van der Waals surface area contributed by atoms with Gasteiger partial charge in [-0.2, -0.15) is 0 Å². The number of hydrogen-bond acceptors (Lipinski definition) is 5. The van der Waals surface area contributed by atoms with Crippen molar-refractivity contribution in [3.05, 3.63) is 64.4 Å². The molecule has 0 radical (unpaired) electrons. The van der Waals surface area contributed by atoms with E-state index in [1.165, 1.54) is 36.4 Å². The molecule has 1 aliphatic heterocycles. The third kappa shape index (κ3) is 4.71. The molecule has 27 heavy (non-hydrogen) atoms. The summed E-state index contributed by atoms with van der Waals surface area (Å²) < 4.78 is 23.2. The molecule has 2 aromatic rings. The molecule has 0 saturated carbocycles. The predicted molar refractivity (Wildman–Crippen MR) is 96.3 cm³/mol. The second-order valence-electron chi connectivity index (χ2n) is 5.59. The topological polar surface area (TPSA) is 81.7 Å². The number of carbonyl (C=O) groups is 3. The van der Waals surface area contributed by atoms with Crippen LogP contribution in [-0.4, -0.2) is 30.9 Å². The Kier molecular flexibility index (Phi) is 5.52. The second kappa shape index (κ2) is 8.01. The first kappa shape index (κ1) is 18.6. The van der Waals surface area contributed by atoms with E-state index < -0.39 is 24.2 Å². The van der Waals surface area contributed by atoms with Crippen molar-refractivity contribution in [2.24, 2.45) is 0 Å². The van der Waals surface area contributed by atoms with Crippen molar-refractivity contribution in [1.82, 2.24) is 0 Å². The van der Waals surface area contributed by atoms with E-state index >= 15 is 0 Å². The number of ketones is 1. The average Bonchev–Trinajstić information content (AvgIpc) is 2.66. The molecule has 0 saturated heterocycles. The van der Waals surface area contributed by atoms with Crippen LogP contribution in [0.5, 0.6) is 5.75 Å². The number of esters is 1. The minimum Gasteiger partial charge on any atom is -0.482 e. The number of carbonyl (C=O) groups excluding carboxylic acids is 3. The van der Waals surface area contributed by atoms with Crippen LogP contribution < -0.4 is 10.1 Å². The first-order chi connectivity index (χ1) is 12.9. The molecule has 0 fully saturated rings. The van der Waals surface area contributed by atoms with Crippen molar-refractivity contribution in [1.29, 1.82) is 0 Å². The van der Waals surface area contributed by atoms with Gasteiger partial charge in [-0.1, -0.05) is 17.7 Å². The first-order valence-electron chi connectivity index (χ1n) is 7.82. The monoisotopic (exact) mass is 389 g/mol. The normalized spacial score (nSPS) is 12.9. The van der Waals surface area contributed by atoms with Gasteiger partial charge in [0.25, 0.3) is 5.91 Å². The van der Waals surface area contributed by atoms with Crippen LogP contribution in [0.2, 0.25) is 5.02 Å². The standard InChI is InChI=1S/C19H13ClFNO5/c20-13-7-11(1-4-14(13)21)2-6-19(25)27-9-16(23)12-3-5-17-15(8-12)22-18(24)10-26-17/h1-8H,9-10H2,(H,22,24)/b6-2+. The Morgan fingerprint density at radius 2 is 2.07 bits per heavy atom. The number of nitrogens with one attached hydrogen (secondary N) is 1. The third-order valence-corrected chi connectivity index (χ3v) is 3.93. The van der Waals surface area contributed by atoms with Crippen LogP contribution in [0.1, 0.15) is 15.9 Å². The first-order valence-corrected chi connectivity index (χ1v) is 8.20. The molecule has 1 N–H and O–H groups in total. The van der Waals surface area contributed by atoms with Crippen LogP contribution in [0.3, 0.4) is 0 Å². The zero-order valence-corrected chi connectivity index (χ0v) is 14.6. The van der Waals surface area contributed by atoms with E-state index in [0.29, 0.717) is 17.0 Å². The van der Waals surface area contributed by atoms with E-state index in [4.69, 9.17) is 21.1 Å². The molecular formula is C19H13ClFNO5. The molecule has 2 aromatic carbocycles. The zero-order valence-electron chi connectivity index (χ0n) is 13.8. The van der Waals surface area contributed by atoms with Gasteiger partial charge in [-0.15, -0.1) is 0 Å². The number of hydrogen-bond donors (Lipinski definition) is 1. The Hall–Kier alpha value is -3.19. The molecule has 138 valence electrons. The molecule has 1 amide bonds. The second-order valence-corrected chi connectivity index (χ2v) is 5.99. The van der Waals surface area contributed by atoms with E-state index in [2.05, 4.69) is 5.32 Å². The molecule has 0 aromatic heterocycles. The summed E-state index contributed by atoms with van der Waals surface area (Å²) in [5.74, 6) is -1.59. The number of anilines is 1. The van der Waals surface area contributed by atoms with Gasteiger partial charge >= 0.3 is 5.97 Å². The molecule has 0 bridgehead atoms. The highest BCUT2D eigenvalue weighted by Gasteiger charge is 2.18. The Bertz CT molecular complexity index is 957. The van der Waals surface area contributed by atoms with Crippen molar-refractivity contribution in [3.8, 4) is 5.75 Å². The molecular weight excluding hydrogens is 377 g/mol. The quantitative estimate of drug-likeness (QED) is 0.482. The number of benzene rings is 2. The minimum absolute atomic E-state index is 0.0656. The fourth-order valence-corrected chi connectivity index (χ4v) is 2.49. The van der Waals surface area contributed by atoms with E-state index in [1.54, 1.807) is 6.07 Å². The van der Waals surface area contributed by atoms with Gasteiger partial charge in [-0.3, -0.25) is 9.59 Å². The van der Waals surface area contributed by atoms with Crippen LogP contribution in [0, 0.1) is 5.82 Å². The summed E-state index contributed by atoms with van der Waals surface area (Å²) >= 11 is 5.65. The van der Waals surface area contributed by atoms with Gasteiger partial charge in [-0.05, 0) is 42.0 Å². The highest BCUT2D eigenvalue weighted by Crippen LogP contribution is 2.28. The van der Waals surface area contributed by atoms with Crippen molar-refractivity contribution in [3.63, 3.8) is 0 Å². The summed E-state index contributed by atoms with van der Waals surface area (Å²) in [4.78, 5) is 35.2. The number of fused-ring (bicyclic) bond motifs is 1. The molecule has 8 heteroatoms. The predicted octanol–water partition coefficient (Wildman–Crippen LogP) is 3.25. The summed E-state index contributed by atoms with van der Waals surface area (Å²) in [6.07, 6.45) is 2.50. The molecule has 6 nitrogen and oxygen atoms in total. The maximum atomic E-state index is 13.1. The number of halogens is 2. The highest BCUT2D eigenvalue weighted by atomic mass is 35.5. The third-order valence-electron chi connectivity index (χ3n) is 3.64. The van der Waals surface area contributed by atoms with E-state index in [-0.39, 0.29) is 23.1 Å². The van der Waals surface area contributed by atoms with E-state index in [9.17, 15) is 18.8 Å². The lowest BCUT2D eigenvalue weighted by Crippen LogP contribution is -2.25. The van der Waals surface area contributed by atoms with Gasteiger partial charge < -0.3 is 14.8 Å². The summed E-state index contributed by atoms with van der Waals surface area (Å²) in [6.45, 7) is -0.551. The van der Waals surface area contributed by atoms with Gasteiger partial charge in [0.05, 0.1) is 10.7 Å². The lowest BCUT2D eigenvalue weighted by atomic mass is 10.1. The lowest BCUT2D eigenvalue weighted by Gasteiger charge is -2.18. The Morgan fingerprint density at radius 3 is 2.85 bits per heavy atom. The number of Topliss-reactive ketones (excluding diaryl/α,β-unsaturated/α-hetero) is 1. The number of rotatable bonds is 5. The van der Waals surface area contributed by atoms with Crippen LogP contribution in [-0.2, 0) is 14.3 Å². The zero-order chi connectivity index (χ0) is 19.4. The molecule has 0 unspecified atom stereocenters. The van der Waals surface area contributed by atoms with Crippen molar-refractivity contribution in [2.45, 2.75) is 0 Å². The van der Waals surface area contributed by atoms with Gasteiger partial charge in [-0.25, -0.2) is 9.18 Å². The van der Waals surface area contributed by atoms with E-state index in [1.807, 2.05) is 0 Å². The van der Waals surface area contributed by atoms with E-state index in [0.717, 1.165) is 6.08 Å². The highest BCUT2D eigenvalue weighted by molar-refractivity contribution is 6.30. The van der Waals surface area contributed by atoms with Crippen molar-refractivity contribution >= 4 is 41.0 Å². The fourth-order valence-electron chi connectivity index (χ4n) is 2.31. The van der Waals surface area contributed by atoms with Gasteiger partial charge in [0.15, 0.2) is 19.0 Å². The maximum Gasteiger partial charge on any atom is 0.331 e. The van der Waals surface area contributed by atoms with Crippen molar-refractivity contribution < 1.29 is 28.2 Å². The lowest BCUT2D eigenvalue weighted by molar-refractivity contribution is -0.136. The van der Waals surface area contributed by atoms with Crippen LogP contribution in [0.15, 0.2) is 42.5 Å². The molecule has 0 spiro atoms. The Morgan fingerprint density at radius 1 is 1.26 bits per heavy atom. The number of amides is 1. The number of ether oxygens (including phenoxy) is 2. The average molecular weight is 390 g/mol. The van der Waals surface area contributed by atoms with Gasteiger partial charge in [0, 0.05) is 11.6 Å². The van der Waals surface area contributed by atoms with Crippen LogP contribution in [0.4, 0.5) is 10.1 Å². The van der Waals surface area contributed by atoms with Gasteiger partial charge in [0.2, 0.25) is 0 Å². The molecule has 3 rings (SSSR count). The molecule has 0 aliphatic carbocycles. The largest absolute Gasteiger partial charge is 0.482 e. The smallest absolute Gasteiger partial charge is 0.331 e. The Balaban J connectivity index is 1.57. The maximum absolute atomic E-state index is 13.1. The van der Waals surface area contributed by atoms with Gasteiger partial charge in [0.1, 0.15) is 11.6 Å². The summed E-state index contributed by atoms with van der Waals surface area (Å²) in [7, 11) is 0. The van der Waals surface area contributed by atoms with Crippen molar-refractivity contribution in [2.75, 3.05) is 18.5 Å². The van der Waals surface area contributed by atoms with Crippen LogP contribution in [0.25, 0.3) is 6.08 Å². The molecule has 1 heterocycles. The summed E-state index contributed by atoms with van der Waals surface area (Å²) in [6, 6.07) is 8.51. The summed E-state index contributed by atoms with van der Waals surface area (Å²) in [5.41, 5.74) is 1.16. The van der Waals surface area contributed by atoms with Crippen LogP contribution >= 0.6 is 11.6 Å². The summed E-state index contributed by atoms with van der Waals surface area (Å²) in [5, 5.41) is 2.53. The molecule has 0 atom stereocenters. The Labute approximate surface area is 158 Å².